The van der Waals surface area contributed by atoms with Crippen molar-refractivity contribution in [3.8, 4) is 0 Å². The minimum Gasteiger partial charge on any atom is -0.463 e. The summed E-state index contributed by atoms with van der Waals surface area (Å²) in [6, 6.07) is 3.31. The van der Waals surface area contributed by atoms with Crippen LogP contribution >= 0.6 is 0 Å². The molecule has 0 aliphatic heterocycles. The normalized spacial score (nSPS) is 12.2. The molecule has 0 amide bonds. The number of rotatable bonds is 5. The fourth-order valence-corrected chi connectivity index (χ4v) is 1.66. The van der Waals surface area contributed by atoms with Crippen molar-refractivity contribution in [1.29, 1.82) is 0 Å². The molecule has 2 aromatic rings. The highest BCUT2D eigenvalue weighted by atomic mass is 16.5. The van der Waals surface area contributed by atoms with Crippen molar-refractivity contribution in [2.45, 2.75) is 26.4 Å². The number of aryl methyl sites for hydroxylation is 1. The molecule has 6 heteroatoms. The minimum atomic E-state index is -0.479. The largest absolute Gasteiger partial charge is 0.463 e. The van der Waals surface area contributed by atoms with Crippen molar-refractivity contribution in [3.63, 3.8) is 0 Å². The molecule has 2 aromatic heterocycles. The van der Waals surface area contributed by atoms with Gasteiger partial charge in [0.15, 0.2) is 0 Å². The van der Waals surface area contributed by atoms with Crippen LogP contribution in [-0.4, -0.2) is 23.0 Å². The van der Waals surface area contributed by atoms with E-state index in [2.05, 4.69) is 20.0 Å². The molecule has 1 N–H and O–H groups in total. The lowest BCUT2D eigenvalue weighted by molar-refractivity contribution is 0.0562. The van der Waals surface area contributed by atoms with Crippen LogP contribution in [0, 0.1) is 6.92 Å². The lowest BCUT2D eigenvalue weighted by atomic mass is 10.2. The Kier molecular flexibility index (Phi) is 4.47. The van der Waals surface area contributed by atoms with E-state index in [-0.39, 0.29) is 11.8 Å². The van der Waals surface area contributed by atoms with Crippen LogP contribution in [0.15, 0.2) is 28.9 Å². The molecule has 6 nitrogen and oxygen atoms in total. The molecule has 0 bridgehead atoms. The number of methoxy groups -OCH3 is 1. The van der Waals surface area contributed by atoms with Crippen LogP contribution in [0.25, 0.3) is 0 Å². The zero-order valence-electron chi connectivity index (χ0n) is 11.7. The third-order valence-electron chi connectivity index (χ3n) is 2.86. The van der Waals surface area contributed by atoms with E-state index in [9.17, 15) is 4.79 Å². The smallest absolute Gasteiger partial charge is 0.373 e. The monoisotopic (exact) mass is 275 g/mol. The second-order valence-corrected chi connectivity index (χ2v) is 4.45. The summed E-state index contributed by atoms with van der Waals surface area (Å²) in [5.74, 6) is 0.393. The molecule has 0 saturated carbocycles. The van der Waals surface area contributed by atoms with E-state index in [0.29, 0.717) is 12.3 Å². The predicted octanol–water partition coefficient (Wildman–Crippen LogP) is 2.02. The first-order chi connectivity index (χ1) is 9.60. The van der Waals surface area contributed by atoms with Crippen LogP contribution < -0.4 is 5.32 Å². The number of esters is 1. The number of hydrogen-bond acceptors (Lipinski definition) is 6. The van der Waals surface area contributed by atoms with Crippen LogP contribution in [0.5, 0.6) is 0 Å². The minimum absolute atomic E-state index is 0.0449. The zero-order valence-corrected chi connectivity index (χ0v) is 11.7. The summed E-state index contributed by atoms with van der Waals surface area (Å²) in [6.07, 6.45) is 3.46. The van der Waals surface area contributed by atoms with E-state index >= 15 is 0 Å². The highest BCUT2D eigenvalue weighted by molar-refractivity contribution is 5.86. The number of furan rings is 1. The van der Waals surface area contributed by atoms with Gasteiger partial charge in [0.05, 0.1) is 24.5 Å². The van der Waals surface area contributed by atoms with Crippen molar-refractivity contribution in [2.24, 2.45) is 0 Å². The summed E-state index contributed by atoms with van der Waals surface area (Å²) in [6.45, 7) is 4.41. The number of carbonyl (C=O) groups is 1. The van der Waals surface area contributed by atoms with Crippen LogP contribution in [0.2, 0.25) is 0 Å². The molecule has 0 fully saturated rings. The fourth-order valence-electron chi connectivity index (χ4n) is 1.66. The summed E-state index contributed by atoms with van der Waals surface area (Å²) in [5.41, 5.74) is 1.73. The molecule has 20 heavy (non-hydrogen) atoms. The molecule has 0 radical (unpaired) electrons. The molecule has 1 unspecified atom stereocenters. The number of aromatic nitrogens is 2. The number of nitrogens with zero attached hydrogens (tertiary/aromatic N) is 2. The first-order valence-corrected chi connectivity index (χ1v) is 6.29. The molecule has 106 valence electrons. The summed E-state index contributed by atoms with van der Waals surface area (Å²) in [4.78, 5) is 19.7. The second kappa shape index (κ2) is 6.29. The van der Waals surface area contributed by atoms with Crippen LogP contribution in [0.4, 0.5) is 0 Å². The Labute approximate surface area is 117 Å². The van der Waals surface area contributed by atoms with Gasteiger partial charge in [-0.15, -0.1) is 0 Å². The maximum absolute atomic E-state index is 11.3. The van der Waals surface area contributed by atoms with Gasteiger partial charge in [0, 0.05) is 18.9 Å². The molecule has 2 heterocycles. The quantitative estimate of drug-likeness (QED) is 0.841. The fraction of sp³-hybridized carbons (Fsp3) is 0.357. The highest BCUT2D eigenvalue weighted by Crippen LogP contribution is 2.17. The molecule has 0 aliphatic rings. The Bertz CT molecular complexity index is 578. The van der Waals surface area contributed by atoms with Gasteiger partial charge in [0.2, 0.25) is 5.76 Å². The Hall–Kier alpha value is -2.21. The zero-order chi connectivity index (χ0) is 14.5. The van der Waals surface area contributed by atoms with E-state index < -0.39 is 5.97 Å². The summed E-state index contributed by atoms with van der Waals surface area (Å²) >= 11 is 0. The Balaban J connectivity index is 1.94. The topological polar surface area (TPSA) is 77.2 Å². The van der Waals surface area contributed by atoms with Gasteiger partial charge in [-0.1, -0.05) is 0 Å². The first-order valence-electron chi connectivity index (χ1n) is 6.29. The lowest BCUT2D eigenvalue weighted by Gasteiger charge is -2.10. The second-order valence-electron chi connectivity index (χ2n) is 4.45. The SMILES string of the molecule is COC(=O)c1ccc(C(C)NCc2cnc(C)cn2)o1. The van der Waals surface area contributed by atoms with E-state index in [1.54, 1.807) is 24.5 Å². The van der Waals surface area contributed by atoms with Gasteiger partial charge < -0.3 is 14.5 Å². The third kappa shape index (κ3) is 3.42. The number of nitrogens with one attached hydrogen (secondary N) is 1. The Morgan fingerprint density at radius 1 is 1.40 bits per heavy atom. The van der Waals surface area contributed by atoms with Crippen LogP contribution in [-0.2, 0) is 11.3 Å². The number of carbonyl (C=O) groups excluding carboxylic acids is 1. The van der Waals surface area contributed by atoms with Gasteiger partial charge in [-0.05, 0) is 26.0 Å². The average molecular weight is 275 g/mol. The van der Waals surface area contributed by atoms with E-state index in [1.807, 2.05) is 13.8 Å². The van der Waals surface area contributed by atoms with Gasteiger partial charge in [-0.2, -0.15) is 0 Å². The lowest BCUT2D eigenvalue weighted by Crippen LogP contribution is -2.18. The molecular formula is C14H17N3O3. The molecule has 0 saturated heterocycles. The first kappa shape index (κ1) is 14.2. The van der Waals surface area contributed by atoms with Gasteiger partial charge in [-0.3, -0.25) is 9.97 Å². The summed E-state index contributed by atoms with van der Waals surface area (Å²) in [7, 11) is 1.32. The van der Waals surface area contributed by atoms with Crippen molar-refractivity contribution in [3.05, 3.63) is 47.4 Å². The van der Waals surface area contributed by atoms with E-state index in [1.165, 1.54) is 7.11 Å². The van der Waals surface area contributed by atoms with Gasteiger partial charge in [-0.25, -0.2) is 4.79 Å². The molecule has 0 spiro atoms. The van der Waals surface area contributed by atoms with Crippen LogP contribution in [0.1, 0.15) is 40.7 Å². The third-order valence-corrected chi connectivity index (χ3v) is 2.86. The van der Waals surface area contributed by atoms with Gasteiger partial charge >= 0.3 is 5.97 Å². The molecule has 0 aromatic carbocycles. The van der Waals surface area contributed by atoms with Gasteiger partial charge in [0.25, 0.3) is 0 Å². The van der Waals surface area contributed by atoms with Crippen LogP contribution in [0.3, 0.4) is 0 Å². The Morgan fingerprint density at radius 3 is 2.85 bits per heavy atom. The summed E-state index contributed by atoms with van der Waals surface area (Å²) < 4.78 is 10.0. The molecule has 2 rings (SSSR count). The van der Waals surface area contributed by atoms with Crippen molar-refractivity contribution >= 4 is 5.97 Å². The Morgan fingerprint density at radius 2 is 2.20 bits per heavy atom. The molecule has 1 atom stereocenters. The maximum atomic E-state index is 11.3. The molecular weight excluding hydrogens is 258 g/mol. The number of hydrogen-bond donors (Lipinski definition) is 1. The molecule has 0 aliphatic carbocycles. The van der Waals surface area contributed by atoms with Crippen molar-refractivity contribution in [2.75, 3.05) is 7.11 Å². The average Bonchev–Trinajstić information content (AvgIpc) is 2.95. The number of ether oxygens (including phenoxy) is 1. The standard InChI is InChI=1S/C14H17N3O3/c1-9-6-17-11(7-15-9)8-16-10(2)12-4-5-13(20-12)14(18)19-3/h4-7,10,16H,8H2,1-3H3. The van der Waals surface area contributed by atoms with Crippen molar-refractivity contribution in [1.82, 2.24) is 15.3 Å². The van der Waals surface area contributed by atoms with E-state index in [4.69, 9.17) is 4.42 Å². The van der Waals surface area contributed by atoms with Gasteiger partial charge in [0.1, 0.15) is 5.76 Å². The van der Waals surface area contributed by atoms with E-state index in [0.717, 1.165) is 11.4 Å². The highest BCUT2D eigenvalue weighted by Gasteiger charge is 2.15. The summed E-state index contributed by atoms with van der Waals surface area (Å²) in [5, 5.41) is 3.26. The predicted molar refractivity (Wildman–Crippen MR) is 72.1 cm³/mol. The van der Waals surface area contributed by atoms with Crippen molar-refractivity contribution < 1.29 is 13.9 Å². The maximum Gasteiger partial charge on any atom is 0.373 e.